The summed E-state index contributed by atoms with van der Waals surface area (Å²) in [4.78, 5) is 25.4. The molecule has 8 heteroatoms. The monoisotopic (exact) mass is 437 g/mol. The van der Waals surface area contributed by atoms with Crippen LogP contribution >= 0.6 is 39.5 Å². The van der Waals surface area contributed by atoms with Gasteiger partial charge in [-0.1, -0.05) is 28.1 Å². The van der Waals surface area contributed by atoms with Crippen LogP contribution in [0.5, 0.6) is 0 Å². The molecule has 1 aliphatic carbocycles. The van der Waals surface area contributed by atoms with Gasteiger partial charge in [-0.2, -0.15) is 0 Å². The van der Waals surface area contributed by atoms with Crippen molar-refractivity contribution in [2.24, 2.45) is 5.73 Å². The van der Waals surface area contributed by atoms with E-state index in [-0.39, 0.29) is 4.99 Å². The topological polar surface area (TPSA) is 84.2 Å². The number of nitrogens with two attached hydrogens (primary N) is 1. The molecule has 1 heterocycles. The fraction of sp³-hybridized carbons (Fsp3) is 0.235. The fourth-order valence-corrected chi connectivity index (χ4v) is 4.52. The van der Waals surface area contributed by atoms with Gasteiger partial charge in [0.1, 0.15) is 5.00 Å². The Hall–Kier alpha value is -1.77. The van der Waals surface area contributed by atoms with Crippen LogP contribution in [-0.2, 0) is 17.6 Å². The first-order valence-corrected chi connectivity index (χ1v) is 9.79. The highest BCUT2D eigenvalue weighted by Crippen LogP contribution is 2.37. The molecule has 5 nitrogen and oxygen atoms in total. The molecule has 0 spiro atoms. The Labute approximate surface area is 163 Å². The quantitative estimate of drug-likeness (QED) is 0.636. The van der Waals surface area contributed by atoms with Crippen molar-refractivity contribution in [3.8, 4) is 0 Å². The van der Waals surface area contributed by atoms with Gasteiger partial charge >= 0.3 is 0 Å². The van der Waals surface area contributed by atoms with E-state index in [9.17, 15) is 9.59 Å². The van der Waals surface area contributed by atoms with Crippen LogP contribution in [0.15, 0.2) is 28.7 Å². The van der Waals surface area contributed by atoms with Gasteiger partial charge in [0.15, 0.2) is 4.99 Å². The van der Waals surface area contributed by atoms with Crippen LogP contribution < -0.4 is 16.4 Å². The Kier molecular flexibility index (Phi) is 5.51. The van der Waals surface area contributed by atoms with Gasteiger partial charge in [0.25, 0.3) is 11.8 Å². The summed E-state index contributed by atoms with van der Waals surface area (Å²) in [6.07, 6.45) is 3.85. The van der Waals surface area contributed by atoms with E-state index in [1.165, 1.54) is 11.3 Å². The number of thiocarbonyl (C=S) groups is 1. The van der Waals surface area contributed by atoms with Gasteiger partial charge in [-0.25, -0.2) is 0 Å². The number of primary amides is 1. The number of nitrogens with one attached hydrogen (secondary N) is 2. The van der Waals surface area contributed by atoms with E-state index in [1.54, 1.807) is 0 Å². The number of hydrogen-bond acceptors (Lipinski definition) is 4. The summed E-state index contributed by atoms with van der Waals surface area (Å²) in [5.74, 6) is -0.972. The number of amides is 2. The zero-order chi connectivity index (χ0) is 18.0. The van der Waals surface area contributed by atoms with Crippen molar-refractivity contribution < 1.29 is 9.59 Å². The molecule has 2 aromatic rings. The molecule has 130 valence electrons. The fourth-order valence-electron chi connectivity index (χ4n) is 2.80. The van der Waals surface area contributed by atoms with Crippen LogP contribution in [0.2, 0.25) is 0 Å². The largest absolute Gasteiger partial charge is 0.365 e. The van der Waals surface area contributed by atoms with Crippen molar-refractivity contribution in [3.05, 3.63) is 44.7 Å². The lowest BCUT2D eigenvalue weighted by Gasteiger charge is -2.11. The molecular formula is C17H16BrN3O2S2. The highest BCUT2D eigenvalue weighted by atomic mass is 79.9. The first-order chi connectivity index (χ1) is 12.0. The third kappa shape index (κ3) is 4.08. The van der Waals surface area contributed by atoms with Gasteiger partial charge in [-0.15, -0.1) is 11.3 Å². The minimum absolute atomic E-state index is 0.0316. The predicted octanol–water partition coefficient (Wildman–Crippen LogP) is 3.87. The summed E-state index contributed by atoms with van der Waals surface area (Å²) in [6.45, 7) is 0. The standard InChI is InChI=1S/C17H16BrN3O2S2/c18-9-5-7-10(8-6-9)20-16(24)15(23)21-17-13(14(19)22)11-3-1-2-4-12(11)25-17/h5-8H,1-4H2,(H2,19,22)(H,20,24)(H,21,23). The maximum absolute atomic E-state index is 12.4. The van der Waals surface area contributed by atoms with Crippen LogP contribution in [0.1, 0.15) is 33.6 Å². The van der Waals surface area contributed by atoms with Gasteiger partial charge in [0, 0.05) is 15.0 Å². The van der Waals surface area contributed by atoms with Gasteiger partial charge < -0.3 is 16.4 Å². The SMILES string of the molecule is NC(=O)c1c(NC(=O)C(=S)Nc2ccc(Br)cc2)sc2c1CCCC2. The van der Waals surface area contributed by atoms with Crippen LogP contribution in [0, 0.1) is 0 Å². The molecule has 4 N–H and O–H groups in total. The molecule has 0 saturated carbocycles. The lowest BCUT2D eigenvalue weighted by atomic mass is 9.95. The number of rotatable bonds is 3. The molecule has 0 aliphatic heterocycles. The number of hydrogen-bond donors (Lipinski definition) is 3. The molecule has 0 bridgehead atoms. The van der Waals surface area contributed by atoms with E-state index in [1.807, 2.05) is 24.3 Å². The smallest absolute Gasteiger partial charge is 0.284 e. The van der Waals surface area contributed by atoms with Gasteiger partial charge in [-0.3, -0.25) is 9.59 Å². The van der Waals surface area contributed by atoms with Crippen molar-refractivity contribution >= 4 is 67.0 Å². The Bertz CT molecular complexity index is 846. The average molecular weight is 438 g/mol. The molecule has 1 aromatic heterocycles. The zero-order valence-electron chi connectivity index (χ0n) is 13.2. The molecule has 0 atom stereocenters. The maximum Gasteiger partial charge on any atom is 0.284 e. The van der Waals surface area contributed by atoms with Crippen LogP contribution in [0.3, 0.4) is 0 Å². The van der Waals surface area contributed by atoms with E-state index in [0.717, 1.165) is 40.6 Å². The summed E-state index contributed by atoms with van der Waals surface area (Å²) in [6, 6.07) is 7.31. The molecule has 0 saturated heterocycles. The summed E-state index contributed by atoms with van der Waals surface area (Å²) in [7, 11) is 0. The molecule has 0 unspecified atom stereocenters. The molecule has 0 radical (unpaired) electrons. The molecule has 1 aromatic carbocycles. The molecule has 1 aliphatic rings. The Morgan fingerprint density at radius 3 is 2.48 bits per heavy atom. The number of benzene rings is 1. The second-order valence-corrected chi connectivity index (χ2v) is 8.12. The third-order valence-corrected chi connectivity index (χ3v) is 5.98. The average Bonchev–Trinajstić information content (AvgIpc) is 2.94. The minimum atomic E-state index is -0.513. The van der Waals surface area contributed by atoms with Gasteiger partial charge in [0.2, 0.25) is 0 Å². The summed E-state index contributed by atoms with van der Waals surface area (Å²) >= 11 is 9.93. The number of halogens is 1. The Morgan fingerprint density at radius 1 is 1.12 bits per heavy atom. The highest BCUT2D eigenvalue weighted by Gasteiger charge is 2.25. The number of carbonyl (C=O) groups excluding carboxylic acids is 2. The highest BCUT2D eigenvalue weighted by molar-refractivity contribution is 9.10. The maximum atomic E-state index is 12.4. The van der Waals surface area contributed by atoms with E-state index < -0.39 is 11.8 Å². The Morgan fingerprint density at radius 2 is 1.80 bits per heavy atom. The van der Waals surface area contributed by atoms with Crippen LogP contribution in [0.25, 0.3) is 0 Å². The first-order valence-electron chi connectivity index (χ1n) is 7.78. The predicted molar refractivity (Wildman–Crippen MR) is 108 cm³/mol. The first kappa shape index (κ1) is 18.0. The normalized spacial score (nSPS) is 13.0. The third-order valence-electron chi connectivity index (χ3n) is 3.95. The molecular weight excluding hydrogens is 422 g/mol. The number of aryl methyl sites for hydroxylation is 1. The summed E-state index contributed by atoms with van der Waals surface area (Å²) in [5.41, 5.74) is 7.66. The van der Waals surface area contributed by atoms with Crippen molar-refractivity contribution in [3.63, 3.8) is 0 Å². The number of thiophene rings is 1. The van der Waals surface area contributed by atoms with Gasteiger partial charge in [0.05, 0.1) is 5.56 Å². The van der Waals surface area contributed by atoms with Crippen LogP contribution in [0.4, 0.5) is 10.7 Å². The van der Waals surface area contributed by atoms with E-state index in [0.29, 0.717) is 16.3 Å². The molecule has 0 fully saturated rings. The molecule has 25 heavy (non-hydrogen) atoms. The van der Waals surface area contributed by atoms with Crippen molar-refractivity contribution in [1.82, 2.24) is 0 Å². The van der Waals surface area contributed by atoms with Crippen molar-refractivity contribution in [2.45, 2.75) is 25.7 Å². The van der Waals surface area contributed by atoms with E-state index in [2.05, 4.69) is 26.6 Å². The zero-order valence-corrected chi connectivity index (χ0v) is 16.4. The Balaban J connectivity index is 1.76. The number of carbonyl (C=O) groups is 2. The van der Waals surface area contributed by atoms with Crippen LogP contribution in [-0.4, -0.2) is 16.8 Å². The molecule has 2 amide bonds. The van der Waals surface area contributed by atoms with Crippen molar-refractivity contribution in [1.29, 1.82) is 0 Å². The van der Waals surface area contributed by atoms with Gasteiger partial charge in [-0.05, 0) is 55.5 Å². The molecule has 3 rings (SSSR count). The second kappa shape index (κ2) is 7.63. The number of anilines is 2. The summed E-state index contributed by atoms with van der Waals surface area (Å²) < 4.78 is 0.934. The number of fused-ring (bicyclic) bond motifs is 1. The lowest BCUT2D eigenvalue weighted by Crippen LogP contribution is -2.28. The summed E-state index contributed by atoms with van der Waals surface area (Å²) in [5, 5.41) is 6.12. The van der Waals surface area contributed by atoms with Crippen molar-refractivity contribution in [2.75, 3.05) is 10.6 Å². The second-order valence-electron chi connectivity index (χ2n) is 5.69. The minimum Gasteiger partial charge on any atom is -0.365 e. The van der Waals surface area contributed by atoms with E-state index >= 15 is 0 Å². The van der Waals surface area contributed by atoms with E-state index in [4.69, 9.17) is 18.0 Å². The lowest BCUT2D eigenvalue weighted by molar-refractivity contribution is -0.110.